The van der Waals surface area contributed by atoms with Gasteiger partial charge in [0.2, 0.25) is 5.91 Å². The van der Waals surface area contributed by atoms with Crippen molar-refractivity contribution in [3.05, 3.63) is 29.1 Å². The Morgan fingerprint density at radius 3 is 3.05 bits per heavy atom. The molecular weight excluding hydrogens is 287 g/mol. The number of hydroxylamine groups is 1. The highest BCUT2D eigenvalue weighted by Gasteiger charge is 2.20. The van der Waals surface area contributed by atoms with E-state index in [0.717, 1.165) is 18.5 Å². The van der Waals surface area contributed by atoms with Gasteiger partial charge in [-0.05, 0) is 43.5 Å². The Labute approximate surface area is 129 Å². The largest absolute Gasteiger partial charge is 0.396 e. The number of halogens is 1. The van der Waals surface area contributed by atoms with Gasteiger partial charge < -0.3 is 16.3 Å². The quantitative estimate of drug-likeness (QED) is 0.473. The molecule has 0 bridgehead atoms. The molecule has 1 heterocycles. The Bertz CT molecular complexity index is 539. The number of fused-ring (bicyclic) bond motifs is 1. The number of carbonyl (C=O) groups is 1. The zero-order valence-electron chi connectivity index (χ0n) is 12.7. The van der Waals surface area contributed by atoms with Gasteiger partial charge in [-0.1, -0.05) is 6.07 Å². The van der Waals surface area contributed by atoms with Crippen molar-refractivity contribution in [3.8, 4) is 0 Å². The molecule has 0 saturated carbocycles. The standard InChI is InChI=1S/C15H23FN4O2/c1-10(19-14(21)7-18-22)8-20-6-2-3-12-11(9-20)4-5-13(17)15(12)16/h4-5,10,18,22H,2-3,6-9,17H2,1H3,(H,19,21)/t10-/m0/s1. The Balaban J connectivity index is 1.99. The fourth-order valence-corrected chi connectivity index (χ4v) is 2.88. The summed E-state index contributed by atoms with van der Waals surface area (Å²) in [6, 6.07) is 3.43. The van der Waals surface area contributed by atoms with Crippen molar-refractivity contribution in [2.75, 3.05) is 25.4 Å². The van der Waals surface area contributed by atoms with Gasteiger partial charge in [0, 0.05) is 19.1 Å². The number of benzene rings is 1. The van der Waals surface area contributed by atoms with E-state index >= 15 is 0 Å². The average Bonchev–Trinajstić information content (AvgIpc) is 2.65. The Kier molecular flexibility index (Phi) is 5.70. The molecule has 1 aliphatic rings. The number of nitrogens with two attached hydrogens (primary N) is 1. The lowest BCUT2D eigenvalue weighted by atomic mass is 10.0. The molecule has 7 heteroatoms. The van der Waals surface area contributed by atoms with Gasteiger partial charge in [0.25, 0.3) is 0 Å². The molecule has 0 fully saturated rings. The minimum Gasteiger partial charge on any atom is -0.396 e. The van der Waals surface area contributed by atoms with Crippen molar-refractivity contribution in [1.29, 1.82) is 0 Å². The number of nitrogens with zero attached hydrogens (tertiary/aromatic N) is 1. The van der Waals surface area contributed by atoms with Crippen LogP contribution in [0.2, 0.25) is 0 Å². The number of amides is 1. The van der Waals surface area contributed by atoms with Crippen LogP contribution in [-0.2, 0) is 17.8 Å². The Morgan fingerprint density at radius 2 is 2.32 bits per heavy atom. The highest BCUT2D eigenvalue weighted by molar-refractivity contribution is 5.78. The summed E-state index contributed by atoms with van der Waals surface area (Å²) in [4.78, 5) is 13.6. The first-order chi connectivity index (χ1) is 10.5. The van der Waals surface area contributed by atoms with Gasteiger partial charge in [-0.3, -0.25) is 9.69 Å². The number of anilines is 1. The summed E-state index contributed by atoms with van der Waals surface area (Å²) in [7, 11) is 0. The van der Waals surface area contributed by atoms with Gasteiger partial charge in [-0.15, -0.1) is 0 Å². The predicted octanol–water partition coefficient (Wildman–Crippen LogP) is 0.640. The number of carbonyl (C=O) groups excluding carboxylic acids is 1. The van der Waals surface area contributed by atoms with Crippen molar-refractivity contribution in [1.82, 2.24) is 15.7 Å². The summed E-state index contributed by atoms with van der Waals surface area (Å²) in [5, 5.41) is 11.3. The molecule has 5 N–H and O–H groups in total. The van der Waals surface area contributed by atoms with Crippen molar-refractivity contribution < 1.29 is 14.4 Å². The number of nitrogen functional groups attached to an aromatic ring is 1. The summed E-state index contributed by atoms with van der Waals surface area (Å²) >= 11 is 0. The zero-order valence-corrected chi connectivity index (χ0v) is 12.7. The second-order valence-electron chi connectivity index (χ2n) is 5.75. The molecule has 0 saturated heterocycles. The van der Waals surface area contributed by atoms with E-state index in [9.17, 15) is 9.18 Å². The molecule has 1 amide bonds. The van der Waals surface area contributed by atoms with Crippen LogP contribution < -0.4 is 16.5 Å². The molecule has 0 unspecified atom stereocenters. The van der Waals surface area contributed by atoms with Gasteiger partial charge in [0.1, 0.15) is 5.82 Å². The predicted molar refractivity (Wildman–Crippen MR) is 81.8 cm³/mol. The van der Waals surface area contributed by atoms with Gasteiger partial charge in [-0.2, -0.15) is 5.48 Å². The van der Waals surface area contributed by atoms with Crippen molar-refractivity contribution >= 4 is 11.6 Å². The Morgan fingerprint density at radius 1 is 1.55 bits per heavy atom. The third-order valence-corrected chi connectivity index (χ3v) is 3.84. The molecule has 0 aromatic heterocycles. The first kappa shape index (κ1) is 16.7. The van der Waals surface area contributed by atoms with E-state index in [1.165, 1.54) is 0 Å². The number of rotatable bonds is 5. The third-order valence-electron chi connectivity index (χ3n) is 3.84. The number of hydrogen-bond donors (Lipinski definition) is 4. The van der Waals surface area contributed by atoms with Crippen LogP contribution in [-0.4, -0.2) is 41.7 Å². The van der Waals surface area contributed by atoms with E-state index in [2.05, 4.69) is 10.2 Å². The van der Waals surface area contributed by atoms with Gasteiger partial charge in [0.15, 0.2) is 0 Å². The lowest BCUT2D eigenvalue weighted by Gasteiger charge is -2.25. The van der Waals surface area contributed by atoms with Crippen LogP contribution in [0.25, 0.3) is 0 Å². The molecular formula is C15H23FN4O2. The monoisotopic (exact) mass is 310 g/mol. The molecule has 22 heavy (non-hydrogen) atoms. The second kappa shape index (κ2) is 7.53. The van der Waals surface area contributed by atoms with Crippen LogP contribution in [0, 0.1) is 5.82 Å². The molecule has 1 aromatic carbocycles. The van der Waals surface area contributed by atoms with Gasteiger partial charge >= 0.3 is 0 Å². The molecule has 2 rings (SSSR count). The number of nitrogens with one attached hydrogen (secondary N) is 2. The summed E-state index contributed by atoms with van der Waals surface area (Å²) in [6.45, 7) is 3.93. The SMILES string of the molecule is C[C@@H](CN1CCCc2c(ccc(N)c2F)C1)NC(=O)CNO. The first-order valence-corrected chi connectivity index (χ1v) is 7.45. The number of hydrogen-bond acceptors (Lipinski definition) is 5. The van der Waals surface area contributed by atoms with Crippen LogP contribution in [0.3, 0.4) is 0 Å². The maximum Gasteiger partial charge on any atom is 0.236 e. The lowest BCUT2D eigenvalue weighted by molar-refractivity contribution is -0.122. The summed E-state index contributed by atoms with van der Waals surface area (Å²) < 4.78 is 14.1. The highest BCUT2D eigenvalue weighted by Crippen LogP contribution is 2.25. The van der Waals surface area contributed by atoms with Crippen LogP contribution in [0.15, 0.2) is 12.1 Å². The molecule has 122 valence electrons. The van der Waals surface area contributed by atoms with E-state index in [1.807, 2.05) is 18.5 Å². The minimum atomic E-state index is -0.297. The maximum absolute atomic E-state index is 14.1. The van der Waals surface area contributed by atoms with E-state index in [1.54, 1.807) is 6.07 Å². The smallest absolute Gasteiger partial charge is 0.236 e. The minimum absolute atomic E-state index is 0.0546. The van der Waals surface area contributed by atoms with Gasteiger partial charge in [0.05, 0.1) is 12.2 Å². The molecule has 6 nitrogen and oxygen atoms in total. The van der Waals surface area contributed by atoms with Crippen molar-refractivity contribution in [2.24, 2.45) is 0 Å². The van der Waals surface area contributed by atoms with E-state index in [0.29, 0.717) is 25.1 Å². The topological polar surface area (TPSA) is 90.6 Å². The molecule has 0 aliphatic carbocycles. The maximum atomic E-state index is 14.1. The van der Waals surface area contributed by atoms with E-state index in [4.69, 9.17) is 10.9 Å². The molecule has 0 radical (unpaired) electrons. The Hall–Kier alpha value is -1.70. The fraction of sp³-hybridized carbons (Fsp3) is 0.533. The zero-order chi connectivity index (χ0) is 16.1. The fourth-order valence-electron chi connectivity index (χ4n) is 2.88. The van der Waals surface area contributed by atoms with E-state index in [-0.39, 0.29) is 30.0 Å². The van der Waals surface area contributed by atoms with Crippen LogP contribution in [0.1, 0.15) is 24.5 Å². The first-order valence-electron chi connectivity index (χ1n) is 7.45. The third kappa shape index (κ3) is 4.16. The van der Waals surface area contributed by atoms with Crippen molar-refractivity contribution in [2.45, 2.75) is 32.4 Å². The van der Waals surface area contributed by atoms with Crippen molar-refractivity contribution in [3.63, 3.8) is 0 Å². The normalized spacial score (nSPS) is 16.7. The molecule has 1 aliphatic heterocycles. The lowest BCUT2D eigenvalue weighted by Crippen LogP contribution is -2.44. The molecule has 1 aromatic rings. The van der Waals surface area contributed by atoms with Gasteiger partial charge in [-0.25, -0.2) is 4.39 Å². The van der Waals surface area contributed by atoms with Crippen LogP contribution in [0.5, 0.6) is 0 Å². The average molecular weight is 310 g/mol. The summed E-state index contributed by atoms with van der Waals surface area (Å²) in [6.07, 6.45) is 1.53. The highest BCUT2D eigenvalue weighted by atomic mass is 19.1. The second-order valence-corrected chi connectivity index (χ2v) is 5.75. The summed E-state index contributed by atoms with van der Waals surface area (Å²) in [5.74, 6) is -0.557. The molecule has 0 spiro atoms. The molecule has 1 atom stereocenters. The van der Waals surface area contributed by atoms with E-state index < -0.39 is 0 Å². The van der Waals surface area contributed by atoms with Crippen LogP contribution in [0.4, 0.5) is 10.1 Å². The summed E-state index contributed by atoms with van der Waals surface area (Å²) in [5.41, 5.74) is 9.33. The van der Waals surface area contributed by atoms with Crippen LogP contribution >= 0.6 is 0 Å².